The molecule has 0 saturated heterocycles. The smallest absolute Gasteiger partial charge is 0.417 e. The highest BCUT2D eigenvalue weighted by Crippen LogP contribution is 2.49. The number of hydrogen-bond donors (Lipinski definition) is 0. The fourth-order valence-corrected chi connectivity index (χ4v) is 5.49. The lowest BCUT2D eigenvalue weighted by Crippen LogP contribution is -2.23. The predicted molar refractivity (Wildman–Crippen MR) is 157 cm³/mol. The molecule has 0 atom stereocenters. The first kappa shape index (κ1) is 28.4. The van der Waals surface area contributed by atoms with Crippen molar-refractivity contribution in [3.05, 3.63) is 119 Å². The van der Waals surface area contributed by atoms with Crippen molar-refractivity contribution in [3.63, 3.8) is 0 Å². The van der Waals surface area contributed by atoms with Gasteiger partial charge in [-0.2, -0.15) is 13.2 Å². The number of hydrogen-bond acceptors (Lipinski definition) is 5. The molecule has 1 aliphatic rings. The van der Waals surface area contributed by atoms with E-state index in [1.807, 2.05) is 62.4 Å². The summed E-state index contributed by atoms with van der Waals surface area (Å²) >= 11 is 0. The van der Waals surface area contributed by atoms with E-state index < -0.39 is 17.2 Å². The average Bonchev–Trinajstić information content (AvgIpc) is 3.76. The molecule has 1 fully saturated rings. The zero-order valence-electron chi connectivity index (χ0n) is 23.7. The highest BCUT2D eigenvalue weighted by molar-refractivity contribution is 5.87. The summed E-state index contributed by atoms with van der Waals surface area (Å²) in [5.41, 5.74) is 5.01. The van der Waals surface area contributed by atoms with E-state index in [0.29, 0.717) is 30.2 Å². The first-order chi connectivity index (χ1) is 20.7. The van der Waals surface area contributed by atoms with E-state index in [1.54, 1.807) is 24.3 Å². The molecule has 0 unspecified atom stereocenters. The lowest BCUT2D eigenvalue weighted by molar-refractivity contribution is -0.146. The van der Waals surface area contributed by atoms with Gasteiger partial charge >= 0.3 is 12.1 Å². The molecule has 0 N–H and O–H groups in total. The van der Waals surface area contributed by atoms with Crippen LogP contribution in [0.1, 0.15) is 47.8 Å². The number of alkyl halides is 3. The van der Waals surface area contributed by atoms with Crippen molar-refractivity contribution in [2.45, 2.75) is 44.7 Å². The number of rotatable bonds is 8. The highest BCUT2D eigenvalue weighted by atomic mass is 19.4. The van der Waals surface area contributed by atoms with Crippen LogP contribution in [0, 0.1) is 6.92 Å². The Morgan fingerprint density at radius 1 is 0.884 bits per heavy atom. The zero-order valence-corrected chi connectivity index (χ0v) is 23.7. The van der Waals surface area contributed by atoms with E-state index in [2.05, 4.69) is 10.1 Å². The van der Waals surface area contributed by atoms with Crippen LogP contribution in [0.4, 0.5) is 13.2 Å². The van der Waals surface area contributed by atoms with Crippen molar-refractivity contribution in [1.82, 2.24) is 10.1 Å². The molecule has 218 valence electrons. The number of benzene rings is 3. The summed E-state index contributed by atoms with van der Waals surface area (Å²) in [5.74, 6) is 0.436. The van der Waals surface area contributed by atoms with Crippen LogP contribution in [-0.4, -0.2) is 22.7 Å². The summed E-state index contributed by atoms with van der Waals surface area (Å²) in [6, 6.07) is 26.5. The van der Waals surface area contributed by atoms with E-state index in [-0.39, 0.29) is 17.2 Å². The SMILES string of the molecule is CCOC(=O)C1(c2ccc(-c3ccc(-c4onc(C)c4Cc4cccc(-c5ccccc5C(F)(F)F)n4)cc3)cc2)CC1. The van der Waals surface area contributed by atoms with E-state index in [0.717, 1.165) is 46.7 Å². The summed E-state index contributed by atoms with van der Waals surface area (Å²) in [6.07, 6.45) is -2.53. The maximum Gasteiger partial charge on any atom is 0.417 e. The van der Waals surface area contributed by atoms with Gasteiger partial charge in [-0.15, -0.1) is 0 Å². The normalized spacial score (nSPS) is 14.0. The van der Waals surface area contributed by atoms with Gasteiger partial charge in [0.05, 0.1) is 29.0 Å². The fraction of sp³-hybridized carbons (Fsp3) is 0.229. The molecule has 0 amide bonds. The van der Waals surface area contributed by atoms with Gasteiger partial charge in [0.1, 0.15) is 0 Å². The molecule has 0 spiro atoms. The number of carbonyl (C=O) groups excluding carboxylic acids is 1. The third-order valence-electron chi connectivity index (χ3n) is 7.99. The van der Waals surface area contributed by atoms with Gasteiger partial charge in [0.25, 0.3) is 0 Å². The van der Waals surface area contributed by atoms with Gasteiger partial charge in [0.15, 0.2) is 5.76 Å². The van der Waals surface area contributed by atoms with E-state index in [4.69, 9.17) is 9.26 Å². The molecule has 0 bridgehead atoms. The maximum atomic E-state index is 13.6. The van der Waals surface area contributed by atoms with Crippen molar-refractivity contribution in [2.75, 3.05) is 6.61 Å². The van der Waals surface area contributed by atoms with Crippen LogP contribution in [0.2, 0.25) is 0 Å². The van der Waals surface area contributed by atoms with Gasteiger partial charge in [-0.25, -0.2) is 0 Å². The number of nitrogens with zero attached hydrogens (tertiary/aromatic N) is 2. The van der Waals surface area contributed by atoms with Crippen molar-refractivity contribution >= 4 is 5.97 Å². The minimum Gasteiger partial charge on any atom is -0.465 e. The maximum absolute atomic E-state index is 13.6. The number of halogens is 3. The standard InChI is InChI=1S/C35H29F3N2O3/c1-3-42-33(41)34(19-20-34)26-17-15-24(16-18-26)23-11-13-25(14-12-23)32-29(22(2)40-43-32)21-27-7-6-10-31(39-27)28-8-4-5-9-30(28)35(36,37)38/h4-18H,3,19-21H2,1-2H3. The number of esters is 1. The van der Waals surface area contributed by atoms with Crippen LogP contribution in [0.15, 0.2) is 95.5 Å². The van der Waals surface area contributed by atoms with E-state index >= 15 is 0 Å². The predicted octanol–water partition coefficient (Wildman–Crippen LogP) is 8.58. The Balaban J connectivity index is 1.23. The molecule has 0 radical (unpaired) electrons. The Bertz CT molecular complexity index is 1770. The van der Waals surface area contributed by atoms with Crippen molar-refractivity contribution in [1.29, 1.82) is 0 Å². The van der Waals surface area contributed by atoms with Gasteiger partial charge in [0, 0.05) is 28.8 Å². The molecule has 1 saturated carbocycles. The molecular weight excluding hydrogens is 553 g/mol. The summed E-state index contributed by atoms with van der Waals surface area (Å²) in [7, 11) is 0. The summed E-state index contributed by atoms with van der Waals surface area (Å²) < 4.78 is 51.9. The van der Waals surface area contributed by atoms with Gasteiger partial charge in [0.2, 0.25) is 0 Å². The summed E-state index contributed by atoms with van der Waals surface area (Å²) in [5, 5.41) is 4.17. The molecule has 5 aromatic rings. The number of aromatic nitrogens is 2. The number of ether oxygens (including phenoxy) is 1. The number of pyridine rings is 1. The Kier molecular flexibility index (Phi) is 7.38. The first-order valence-electron chi connectivity index (χ1n) is 14.2. The molecule has 2 heterocycles. The second kappa shape index (κ2) is 11.2. The number of aryl methyl sites for hydroxylation is 1. The quantitative estimate of drug-likeness (QED) is 0.172. The van der Waals surface area contributed by atoms with Crippen LogP contribution < -0.4 is 0 Å². The van der Waals surface area contributed by atoms with Crippen molar-refractivity contribution in [3.8, 4) is 33.7 Å². The van der Waals surface area contributed by atoms with E-state index in [1.165, 1.54) is 12.1 Å². The van der Waals surface area contributed by atoms with E-state index in [9.17, 15) is 18.0 Å². The third-order valence-corrected chi connectivity index (χ3v) is 7.99. The topological polar surface area (TPSA) is 65.2 Å². The molecule has 43 heavy (non-hydrogen) atoms. The molecule has 3 aromatic carbocycles. The molecule has 2 aromatic heterocycles. The minimum atomic E-state index is -4.48. The molecular formula is C35H29F3N2O3. The zero-order chi connectivity index (χ0) is 30.2. The van der Waals surface area contributed by atoms with Crippen molar-refractivity contribution < 1.29 is 27.2 Å². The first-order valence-corrected chi connectivity index (χ1v) is 14.2. The lowest BCUT2D eigenvalue weighted by Gasteiger charge is -2.14. The average molecular weight is 583 g/mol. The molecule has 6 rings (SSSR count). The summed E-state index contributed by atoms with van der Waals surface area (Å²) in [4.78, 5) is 17.0. The van der Waals surface area contributed by atoms with Crippen LogP contribution in [-0.2, 0) is 27.5 Å². The minimum absolute atomic E-state index is 0.0379. The Morgan fingerprint density at radius 2 is 1.53 bits per heavy atom. The van der Waals surface area contributed by atoms with Crippen LogP contribution in [0.25, 0.3) is 33.7 Å². The summed E-state index contributed by atoms with van der Waals surface area (Å²) in [6.45, 7) is 4.03. The Morgan fingerprint density at radius 3 is 2.19 bits per heavy atom. The third kappa shape index (κ3) is 5.57. The van der Waals surface area contributed by atoms with Crippen LogP contribution in [0.5, 0.6) is 0 Å². The fourth-order valence-electron chi connectivity index (χ4n) is 5.49. The lowest BCUT2D eigenvalue weighted by atomic mass is 9.93. The monoisotopic (exact) mass is 582 g/mol. The van der Waals surface area contributed by atoms with Gasteiger partial charge < -0.3 is 9.26 Å². The van der Waals surface area contributed by atoms with Gasteiger partial charge in [-0.1, -0.05) is 78.0 Å². The molecule has 8 heteroatoms. The molecule has 0 aliphatic heterocycles. The van der Waals surface area contributed by atoms with Gasteiger partial charge in [-0.3, -0.25) is 9.78 Å². The second-order valence-corrected chi connectivity index (χ2v) is 10.8. The largest absolute Gasteiger partial charge is 0.465 e. The van der Waals surface area contributed by atoms with Crippen LogP contribution in [0.3, 0.4) is 0 Å². The molecule has 5 nitrogen and oxygen atoms in total. The molecule has 1 aliphatic carbocycles. The van der Waals surface area contributed by atoms with Crippen LogP contribution >= 0.6 is 0 Å². The second-order valence-electron chi connectivity index (χ2n) is 10.8. The Hall–Kier alpha value is -4.72. The van der Waals surface area contributed by atoms with Crippen molar-refractivity contribution in [2.24, 2.45) is 0 Å². The van der Waals surface area contributed by atoms with Gasteiger partial charge in [-0.05, 0) is 61.6 Å². The Labute approximate surface area is 247 Å². The highest BCUT2D eigenvalue weighted by Gasteiger charge is 2.52. The number of carbonyl (C=O) groups is 1.